The molecule has 0 aliphatic heterocycles. The Morgan fingerprint density at radius 3 is 2.38 bits per heavy atom. The largest absolute Gasteiger partial charge is 0.324 e. The fourth-order valence-corrected chi connectivity index (χ4v) is 1.67. The van der Waals surface area contributed by atoms with E-state index in [1.165, 1.54) is 0 Å². The molecule has 2 rings (SSSR count). The smallest absolute Gasteiger partial charge is 0.295 e. The fourth-order valence-electron chi connectivity index (χ4n) is 1.39. The van der Waals surface area contributed by atoms with Crippen LogP contribution >= 0.6 is 24.8 Å². The van der Waals surface area contributed by atoms with Gasteiger partial charge in [0.15, 0.2) is 5.82 Å². The van der Waals surface area contributed by atoms with Gasteiger partial charge in [0.1, 0.15) is 0 Å². The van der Waals surface area contributed by atoms with Crippen LogP contribution in [0.15, 0.2) is 28.8 Å². The van der Waals surface area contributed by atoms with E-state index >= 15 is 0 Å². The molecule has 0 unspecified atom stereocenters. The van der Waals surface area contributed by atoms with Gasteiger partial charge >= 0.3 is 0 Å². The molecule has 16 heavy (non-hydrogen) atoms. The molecule has 0 atom stereocenters. The topological polar surface area (TPSA) is 41.8 Å². The molecular weight excluding hydrogens is 240 g/mol. The summed E-state index contributed by atoms with van der Waals surface area (Å²) in [7, 11) is 0. The van der Waals surface area contributed by atoms with Crippen LogP contribution in [0.4, 0.5) is 0 Å². The number of nitrogens with zero attached hydrogens (tertiary/aromatic N) is 1. The number of hydrogen-bond donors (Lipinski definition) is 2. The molecule has 0 fully saturated rings. The third-order valence-electron chi connectivity index (χ3n) is 2.31. The van der Waals surface area contributed by atoms with Gasteiger partial charge in [0.05, 0.1) is 0 Å². The third kappa shape index (κ3) is 2.36. The highest BCUT2D eigenvalue weighted by Gasteiger charge is 2.14. The Morgan fingerprint density at radius 2 is 1.94 bits per heavy atom. The fraction of sp³-hybridized carbons (Fsp3) is 0.273. The van der Waals surface area contributed by atoms with Crippen molar-refractivity contribution >= 4 is 24.8 Å². The quantitative estimate of drug-likeness (QED) is 0.634. The van der Waals surface area contributed by atoms with Crippen LogP contribution in [0.2, 0.25) is 0 Å². The minimum Gasteiger partial charge on any atom is -0.324 e. The number of rotatable bonds is 2. The number of hydrogen-bond acceptors (Lipinski definition) is 4. The predicted molar refractivity (Wildman–Crippen MR) is 69.1 cm³/mol. The predicted octanol–water partition coefficient (Wildman–Crippen LogP) is 3.56. The van der Waals surface area contributed by atoms with Gasteiger partial charge in [-0.1, -0.05) is 29.4 Å². The molecule has 0 saturated carbocycles. The van der Waals surface area contributed by atoms with Gasteiger partial charge in [-0.05, 0) is 31.6 Å². The monoisotopic (exact) mass is 252 g/mol. The van der Waals surface area contributed by atoms with E-state index in [-0.39, 0.29) is 9.58 Å². The zero-order valence-corrected chi connectivity index (χ0v) is 10.7. The van der Waals surface area contributed by atoms with Crippen molar-refractivity contribution in [2.24, 2.45) is 0 Å². The summed E-state index contributed by atoms with van der Waals surface area (Å²) in [6, 6.07) is 7.98. The Balaban J connectivity index is 2.36. The molecule has 1 aromatic heterocycles. The normalized spacial score (nSPS) is 11.7. The SMILES string of the molecule is CC(C)(S)c1ccc(-c2noc(=S)[nH]2)cc1. The Hall–Kier alpha value is -1.07. The van der Waals surface area contributed by atoms with E-state index in [1.807, 2.05) is 24.3 Å². The van der Waals surface area contributed by atoms with Crippen molar-refractivity contribution in [2.75, 3.05) is 0 Å². The molecule has 0 amide bonds. The Morgan fingerprint density at radius 1 is 1.31 bits per heavy atom. The summed E-state index contributed by atoms with van der Waals surface area (Å²) in [5.41, 5.74) is 2.10. The van der Waals surface area contributed by atoms with Crippen molar-refractivity contribution in [3.8, 4) is 11.4 Å². The van der Waals surface area contributed by atoms with Gasteiger partial charge in [-0.3, -0.25) is 4.98 Å². The first kappa shape index (κ1) is 11.4. The minimum absolute atomic E-state index is 0.144. The van der Waals surface area contributed by atoms with E-state index in [9.17, 15) is 0 Å². The lowest BCUT2D eigenvalue weighted by atomic mass is 10.0. The Bertz CT molecular complexity index is 534. The average Bonchev–Trinajstić information content (AvgIpc) is 2.64. The average molecular weight is 252 g/mol. The molecule has 0 radical (unpaired) electrons. The molecule has 2 aromatic rings. The van der Waals surface area contributed by atoms with Gasteiger partial charge in [0.25, 0.3) is 4.84 Å². The van der Waals surface area contributed by atoms with Crippen molar-refractivity contribution in [1.29, 1.82) is 0 Å². The standard InChI is InChI=1S/C11H12N2OS2/c1-11(2,16)8-5-3-7(4-6-8)9-12-10(15)14-13-9/h3-6,16H,1-2H3,(H,12,13,15). The molecule has 0 aliphatic rings. The zero-order chi connectivity index (χ0) is 11.8. The van der Waals surface area contributed by atoms with Crippen LogP contribution in [0.3, 0.4) is 0 Å². The molecular formula is C11H12N2OS2. The van der Waals surface area contributed by atoms with Gasteiger partial charge in [-0.15, -0.1) is 0 Å². The molecule has 5 heteroatoms. The molecule has 0 saturated heterocycles. The zero-order valence-electron chi connectivity index (χ0n) is 9.02. The van der Waals surface area contributed by atoms with Gasteiger partial charge in [-0.2, -0.15) is 12.6 Å². The summed E-state index contributed by atoms with van der Waals surface area (Å²) < 4.78 is 4.67. The molecule has 0 bridgehead atoms. The van der Waals surface area contributed by atoms with Crippen molar-refractivity contribution in [3.63, 3.8) is 0 Å². The van der Waals surface area contributed by atoms with Crippen molar-refractivity contribution in [1.82, 2.24) is 10.1 Å². The van der Waals surface area contributed by atoms with E-state index in [4.69, 9.17) is 16.7 Å². The molecule has 3 nitrogen and oxygen atoms in total. The third-order valence-corrected chi connectivity index (χ3v) is 2.74. The molecule has 0 aliphatic carbocycles. The van der Waals surface area contributed by atoms with Crippen LogP contribution in [-0.4, -0.2) is 10.1 Å². The summed E-state index contributed by atoms with van der Waals surface area (Å²) in [4.78, 5) is 3.15. The van der Waals surface area contributed by atoms with E-state index < -0.39 is 0 Å². The second-order valence-electron chi connectivity index (χ2n) is 4.08. The maximum Gasteiger partial charge on any atom is 0.295 e. The van der Waals surface area contributed by atoms with Gasteiger partial charge < -0.3 is 4.52 Å². The van der Waals surface area contributed by atoms with Crippen LogP contribution < -0.4 is 0 Å². The number of aromatic nitrogens is 2. The summed E-state index contributed by atoms with van der Waals surface area (Å²) in [6.07, 6.45) is 0. The lowest BCUT2D eigenvalue weighted by Crippen LogP contribution is -2.06. The minimum atomic E-state index is -0.144. The lowest BCUT2D eigenvalue weighted by molar-refractivity contribution is 0.406. The van der Waals surface area contributed by atoms with Crippen LogP contribution in [0.25, 0.3) is 11.4 Å². The highest BCUT2D eigenvalue weighted by molar-refractivity contribution is 7.81. The van der Waals surface area contributed by atoms with Gasteiger partial charge in [0.2, 0.25) is 0 Å². The lowest BCUT2D eigenvalue weighted by Gasteiger charge is -2.17. The molecule has 1 heterocycles. The van der Waals surface area contributed by atoms with Crippen molar-refractivity contribution in [2.45, 2.75) is 18.6 Å². The summed E-state index contributed by atoms with van der Waals surface area (Å²) >= 11 is 9.33. The number of H-pyrrole nitrogens is 1. The summed E-state index contributed by atoms with van der Waals surface area (Å²) in [5, 5.41) is 3.82. The van der Waals surface area contributed by atoms with Crippen LogP contribution in [-0.2, 0) is 4.75 Å². The summed E-state index contributed by atoms with van der Waals surface area (Å²) in [5.74, 6) is 0.647. The molecule has 1 aromatic carbocycles. The van der Waals surface area contributed by atoms with Crippen molar-refractivity contribution in [3.05, 3.63) is 34.7 Å². The van der Waals surface area contributed by atoms with Crippen LogP contribution in [0.1, 0.15) is 19.4 Å². The number of aromatic amines is 1. The highest BCUT2D eigenvalue weighted by atomic mass is 32.1. The van der Waals surface area contributed by atoms with Gasteiger partial charge in [0, 0.05) is 10.3 Å². The maximum absolute atomic E-state index is 4.82. The first-order valence-corrected chi connectivity index (χ1v) is 5.71. The first-order valence-electron chi connectivity index (χ1n) is 4.86. The van der Waals surface area contributed by atoms with Crippen molar-refractivity contribution < 1.29 is 4.52 Å². The number of nitrogens with one attached hydrogen (secondary N) is 1. The second-order valence-corrected chi connectivity index (χ2v) is 5.57. The Labute approximate surface area is 104 Å². The van der Waals surface area contributed by atoms with Gasteiger partial charge in [-0.25, -0.2) is 0 Å². The highest BCUT2D eigenvalue weighted by Crippen LogP contribution is 2.28. The molecule has 84 valence electrons. The van der Waals surface area contributed by atoms with E-state index in [0.717, 1.165) is 11.1 Å². The second kappa shape index (κ2) is 4.07. The number of thiol groups is 1. The van der Waals surface area contributed by atoms with Crippen LogP contribution in [0.5, 0.6) is 0 Å². The molecule has 0 spiro atoms. The van der Waals surface area contributed by atoms with E-state index in [2.05, 4.69) is 36.6 Å². The summed E-state index contributed by atoms with van der Waals surface area (Å²) in [6.45, 7) is 4.10. The molecule has 1 N–H and O–H groups in total. The van der Waals surface area contributed by atoms with E-state index in [0.29, 0.717) is 5.82 Å². The number of benzene rings is 1. The Kier molecular flexibility index (Phi) is 2.90. The maximum atomic E-state index is 4.82. The van der Waals surface area contributed by atoms with E-state index in [1.54, 1.807) is 0 Å². The van der Waals surface area contributed by atoms with Crippen LogP contribution in [0, 0.1) is 4.84 Å². The first-order chi connectivity index (χ1) is 7.47.